The molecule has 1 aromatic carbocycles. The SMILES string of the molecule is O=C(Cc1ccc2c(c1)OCO2)N1CCN2[C@@H](COC[C@@H]2C2CC2)C1. The largest absolute Gasteiger partial charge is 0.454 e. The molecule has 1 saturated carbocycles. The number of carbonyl (C=O) groups is 1. The van der Waals surface area contributed by atoms with Crippen LogP contribution in [0.4, 0.5) is 0 Å². The van der Waals surface area contributed by atoms with E-state index in [2.05, 4.69) is 4.90 Å². The highest BCUT2D eigenvalue weighted by Gasteiger charge is 2.43. The summed E-state index contributed by atoms with van der Waals surface area (Å²) in [6.07, 6.45) is 3.09. The fourth-order valence-corrected chi connectivity index (χ4v) is 4.33. The van der Waals surface area contributed by atoms with Gasteiger partial charge in [0.05, 0.1) is 25.7 Å². The molecule has 4 aliphatic rings. The molecule has 2 atom stereocenters. The molecule has 3 aliphatic heterocycles. The second-order valence-corrected chi connectivity index (χ2v) is 7.54. The van der Waals surface area contributed by atoms with Gasteiger partial charge in [0.25, 0.3) is 0 Å². The second-order valence-electron chi connectivity index (χ2n) is 7.54. The summed E-state index contributed by atoms with van der Waals surface area (Å²) in [5.41, 5.74) is 0.979. The third-order valence-corrected chi connectivity index (χ3v) is 5.86. The molecule has 2 saturated heterocycles. The van der Waals surface area contributed by atoms with Crippen LogP contribution in [-0.4, -0.2) is 67.4 Å². The number of ether oxygens (including phenoxy) is 3. The first-order valence-electron chi connectivity index (χ1n) is 9.28. The highest BCUT2D eigenvalue weighted by molar-refractivity contribution is 5.79. The molecule has 134 valence electrons. The van der Waals surface area contributed by atoms with E-state index in [1.165, 1.54) is 12.8 Å². The summed E-state index contributed by atoms with van der Waals surface area (Å²) in [7, 11) is 0. The zero-order valence-corrected chi connectivity index (χ0v) is 14.4. The van der Waals surface area contributed by atoms with E-state index in [-0.39, 0.29) is 12.7 Å². The van der Waals surface area contributed by atoms with Gasteiger partial charge in [-0.1, -0.05) is 6.07 Å². The van der Waals surface area contributed by atoms with Crippen LogP contribution in [0.5, 0.6) is 11.5 Å². The van der Waals surface area contributed by atoms with Crippen LogP contribution in [0.3, 0.4) is 0 Å². The fraction of sp³-hybridized carbons (Fsp3) is 0.632. The van der Waals surface area contributed by atoms with Gasteiger partial charge in [0, 0.05) is 25.7 Å². The van der Waals surface area contributed by atoms with Crippen molar-refractivity contribution in [3.05, 3.63) is 23.8 Å². The Morgan fingerprint density at radius 2 is 2.00 bits per heavy atom. The summed E-state index contributed by atoms with van der Waals surface area (Å²) in [6.45, 7) is 4.46. The van der Waals surface area contributed by atoms with Crippen LogP contribution in [0.25, 0.3) is 0 Å². The van der Waals surface area contributed by atoms with Crippen molar-refractivity contribution in [2.75, 3.05) is 39.6 Å². The number of nitrogens with zero attached hydrogens (tertiary/aromatic N) is 2. The quantitative estimate of drug-likeness (QED) is 0.827. The first kappa shape index (κ1) is 15.5. The van der Waals surface area contributed by atoms with E-state index in [0.717, 1.165) is 55.8 Å². The van der Waals surface area contributed by atoms with Crippen LogP contribution < -0.4 is 9.47 Å². The van der Waals surface area contributed by atoms with Gasteiger partial charge < -0.3 is 19.1 Å². The fourth-order valence-electron chi connectivity index (χ4n) is 4.33. The molecule has 0 aromatic heterocycles. The van der Waals surface area contributed by atoms with Gasteiger partial charge in [0.15, 0.2) is 11.5 Å². The smallest absolute Gasteiger partial charge is 0.231 e. The number of fused-ring (bicyclic) bond motifs is 2. The van der Waals surface area contributed by atoms with Gasteiger partial charge in [-0.05, 0) is 36.5 Å². The Morgan fingerprint density at radius 3 is 2.88 bits per heavy atom. The van der Waals surface area contributed by atoms with Crippen molar-refractivity contribution in [2.45, 2.75) is 31.3 Å². The third kappa shape index (κ3) is 2.98. The van der Waals surface area contributed by atoms with Crippen molar-refractivity contribution in [2.24, 2.45) is 5.92 Å². The molecule has 3 fully saturated rings. The molecule has 5 rings (SSSR count). The van der Waals surface area contributed by atoms with Gasteiger partial charge in [-0.15, -0.1) is 0 Å². The summed E-state index contributed by atoms with van der Waals surface area (Å²) in [5, 5.41) is 0. The Kier molecular flexibility index (Phi) is 3.82. The van der Waals surface area contributed by atoms with Crippen molar-refractivity contribution in [1.82, 2.24) is 9.80 Å². The Morgan fingerprint density at radius 1 is 1.12 bits per heavy atom. The zero-order chi connectivity index (χ0) is 16.8. The molecule has 0 bridgehead atoms. The Labute approximate surface area is 147 Å². The Hall–Kier alpha value is -1.79. The molecular formula is C19H24N2O4. The van der Waals surface area contributed by atoms with Gasteiger partial charge >= 0.3 is 0 Å². The van der Waals surface area contributed by atoms with Gasteiger partial charge in [0.2, 0.25) is 12.7 Å². The highest BCUT2D eigenvalue weighted by atomic mass is 16.7. The van der Waals surface area contributed by atoms with Crippen molar-refractivity contribution in [1.29, 1.82) is 0 Å². The van der Waals surface area contributed by atoms with E-state index < -0.39 is 0 Å². The first-order valence-corrected chi connectivity index (χ1v) is 9.28. The van der Waals surface area contributed by atoms with Gasteiger partial charge in [-0.3, -0.25) is 9.69 Å². The van der Waals surface area contributed by atoms with Crippen LogP contribution >= 0.6 is 0 Å². The van der Waals surface area contributed by atoms with Gasteiger partial charge in [-0.2, -0.15) is 0 Å². The predicted octanol–water partition coefficient (Wildman–Crippen LogP) is 1.28. The average Bonchev–Trinajstić information content (AvgIpc) is 3.38. The number of amides is 1. The summed E-state index contributed by atoms with van der Waals surface area (Å²) < 4.78 is 16.6. The molecule has 0 unspecified atom stereocenters. The number of hydrogen-bond acceptors (Lipinski definition) is 5. The maximum absolute atomic E-state index is 12.8. The molecule has 3 heterocycles. The standard InChI is InChI=1S/C19H24N2O4/c22-19(8-13-1-4-17-18(7-13)25-12-24-17)20-5-6-21-15(9-20)10-23-11-16(21)14-2-3-14/h1,4,7,14-16H,2-3,5-6,8-12H2/t15-,16-/m1/s1. The number of benzene rings is 1. The van der Waals surface area contributed by atoms with Crippen molar-refractivity contribution < 1.29 is 19.0 Å². The lowest BCUT2D eigenvalue weighted by Crippen LogP contribution is -2.63. The molecule has 6 nitrogen and oxygen atoms in total. The summed E-state index contributed by atoms with van der Waals surface area (Å²) in [4.78, 5) is 17.4. The predicted molar refractivity (Wildman–Crippen MR) is 90.7 cm³/mol. The van der Waals surface area contributed by atoms with E-state index in [4.69, 9.17) is 14.2 Å². The van der Waals surface area contributed by atoms with Crippen LogP contribution in [0.2, 0.25) is 0 Å². The minimum absolute atomic E-state index is 0.187. The monoisotopic (exact) mass is 344 g/mol. The molecule has 1 aromatic rings. The number of carbonyl (C=O) groups excluding carboxylic acids is 1. The van der Waals surface area contributed by atoms with Crippen LogP contribution in [0.1, 0.15) is 18.4 Å². The van der Waals surface area contributed by atoms with Gasteiger partial charge in [0.1, 0.15) is 0 Å². The van der Waals surface area contributed by atoms with Crippen molar-refractivity contribution in [3.63, 3.8) is 0 Å². The van der Waals surface area contributed by atoms with Crippen molar-refractivity contribution >= 4 is 5.91 Å². The molecular weight excluding hydrogens is 320 g/mol. The van der Waals surface area contributed by atoms with E-state index in [1.54, 1.807) is 0 Å². The minimum atomic E-state index is 0.187. The van der Waals surface area contributed by atoms with E-state index in [1.807, 2.05) is 23.1 Å². The second kappa shape index (κ2) is 6.18. The van der Waals surface area contributed by atoms with Gasteiger partial charge in [-0.25, -0.2) is 0 Å². The zero-order valence-electron chi connectivity index (χ0n) is 14.4. The molecule has 25 heavy (non-hydrogen) atoms. The maximum atomic E-state index is 12.8. The number of piperazine rings is 1. The molecule has 0 radical (unpaired) electrons. The normalized spacial score (nSPS) is 28.7. The van der Waals surface area contributed by atoms with Crippen molar-refractivity contribution in [3.8, 4) is 11.5 Å². The first-order chi connectivity index (χ1) is 12.3. The molecule has 1 aliphatic carbocycles. The van der Waals surface area contributed by atoms with E-state index in [9.17, 15) is 4.79 Å². The van der Waals surface area contributed by atoms with Crippen LogP contribution in [0.15, 0.2) is 18.2 Å². The molecule has 1 amide bonds. The summed E-state index contributed by atoms with van der Waals surface area (Å²) in [6, 6.07) is 6.69. The lowest BCUT2D eigenvalue weighted by atomic mass is 10.0. The Bertz CT molecular complexity index is 675. The Balaban J connectivity index is 1.23. The summed E-state index contributed by atoms with van der Waals surface area (Å²) in [5.74, 6) is 2.50. The maximum Gasteiger partial charge on any atom is 0.231 e. The summed E-state index contributed by atoms with van der Waals surface area (Å²) >= 11 is 0. The minimum Gasteiger partial charge on any atom is -0.454 e. The lowest BCUT2D eigenvalue weighted by molar-refractivity contribution is -0.139. The number of rotatable bonds is 3. The van der Waals surface area contributed by atoms with E-state index in [0.29, 0.717) is 18.5 Å². The van der Waals surface area contributed by atoms with E-state index >= 15 is 0 Å². The number of morpholine rings is 1. The highest BCUT2D eigenvalue weighted by Crippen LogP contribution is 2.38. The third-order valence-electron chi connectivity index (χ3n) is 5.86. The average molecular weight is 344 g/mol. The molecule has 0 spiro atoms. The topological polar surface area (TPSA) is 51.2 Å². The molecule has 6 heteroatoms. The lowest BCUT2D eigenvalue weighted by Gasteiger charge is -2.48. The molecule has 0 N–H and O–H groups in total. The van der Waals surface area contributed by atoms with Crippen LogP contribution in [-0.2, 0) is 16.0 Å². The van der Waals surface area contributed by atoms with Crippen LogP contribution in [0, 0.1) is 5.92 Å². The number of hydrogen-bond donors (Lipinski definition) is 0.